The molecule has 0 radical (unpaired) electrons. The summed E-state index contributed by atoms with van der Waals surface area (Å²) < 4.78 is 0. The summed E-state index contributed by atoms with van der Waals surface area (Å²) >= 11 is 1.61. The molecule has 4 nitrogen and oxygen atoms in total. The van der Waals surface area contributed by atoms with E-state index < -0.39 is 6.10 Å². The fourth-order valence-electron chi connectivity index (χ4n) is 2.38. The number of hydrogen-bond donors (Lipinski definition) is 2. The van der Waals surface area contributed by atoms with Crippen LogP contribution in [-0.2, 0) is 6.42 Å². The minimum absolute atomic E-state index is 0.425. The SMILES string of the molecule is CCc1nc(NCC(O)c2cccc(C)c2)c2ccsc2n1. The number of aryl methyl sites for hydroxylation is 2. The first-order chi connectivity index (χ1) is 10.7. The van der Waals surface area contributed by atoms with Crippen LogP contribution in [0.15, 0.2) is 35.7 Å². The summed E-state index contributed by atoms with van der Waals surface area (Å²) in [4.78, 5) is 10.0. The lowest BCUT2D eigenvalue weighted by Gasteiger charge is -2.14. The van der Waals surface area contributed by atoms with Crippen molar-refractivity contribution in [2.75, 3.05) is 11.9 Å². The highest BCUT2D eigenvalue weighted by atomic mass is 32.1. The lowest BCUT2D eigenvalue weighted by atomic mass is 10.1. The number of nitrogens with one attached hydrogen (secondary N) is 1. The molecule has 1 unspecified atom stereocenters. The van der Waals surface area contributed by atoms with Gasteiger partial charge >= 0.3 is 0 Å². The third kappa shape index (κ3) is 3.10. The van der Waals surface area contributed by atoms with Crippen LogP contribution in [-0.4, -0.2) is 21.6 Å². The molecule has 2 heterocycles. The van der Waals surface area contributed by atoms with E-state index in [1.54, 1.807) is 11.3 Å². The van der Waals surface area contributed by atoms with Gasteiger partial charge in [0, 0.05) is 13.0 Å². The molecule has 0 aliphatic carbocycles. The second-order valence-electron chi connectivity index (χ2n) is 5.29. The molecule has 1 atom stereocenters. The third-order valence-corrected chi connectivity index (χ3v) is 4.38. The van der Waals surface area contributed by atoms with Crippen LogP contribution in [0.3, 0.4) is 0 Å². The Balaban J connectivity index is 1.80. The Morgan fingerprint density at radius 2 is 2.14 bits per heavy atom. The summed E-state index contributed by atoms with van der Waals surface area (Å²) in [5, 5.41) is 16.7. The lowest BCUT2D eigenvalue weighted by molar-refractivity contribution is 0.191. The predicted molar refractivity (Wildman–Crippen MR) is 91.4 cm³/mol. The van der Waals surface area contributed by atoms with E-state index in [-0.39, 0.29) is 0 Å². The van der Waals surface area contributed by atoms with Crippen molar-refractivity contribution in [2.24, 2.45) is 0 Å². The number of rotatable bonds is 5. The molecule has 2 N–H and O–H groups in total. The van der Waals surface area contributed by atoms with Gasteiger partial charge in [-0.05, 0) is 23.9 Å². The maximum atomic E-state index is 10.4. The lowest BCUT2D eigenvalue weighted by Crippen LogP contribution is -2.14. The molecule has 2 aromatic heterocycles. The van der Waals surface area contributed by atoms with E-state index in [4.69, 9.17) is 0 Å². The van der Waals surface area contributed by atoms with Crippen LogP contribution >= 0.6 is 11.3 Å². The molecule has 0 saturated carbocycles. The monoisotopic (exact) mass is 313 g/mol. The molecule has 0 fully saturated rings. The van der Waals surface area contributed by atoms with E-state index in [0.717, 1.165) is 39.4 Å². The number of aliphatic hydroxyl groups is 1. The summed E-state index contributed by atoms with van der Waals surface area (Å²) in [6, 6.07) is 9.95. The third-order valence-electron chi connectivity index (χ3n) is 3.58. The largest absolute Gasteiger partial charge is 0.387 e. The van der Waals surface area contributed by atoms with Gasteiger partial charge in [0.2, 0.25) is 0 Å². The van der Waals surface area contributed by atoms with E-state index in [9.17, 15) is 5.11 Å². The number of hydrogen-bond acceptors (Lipinski definition) is 5. The van der Waals surface area contributed by atoms with Crippen LogP contribution in [0.4, 0.5) is 5.82 Å². The van der Waals surface area contributed by atoms with Crippen molar-refractivity contribution in [3.8, 4) is 0 Å². The quantitative estimate of drug-likeness (QED) is 0.754. The van der Waals surface area contributed by atoms with E-state index >= 15 is 0 Å². The number of anilines is 1. The van der Waals surface area contributed by atoms with Gasteiger partial charge in [-0.2, -0.15) is 0 Å². The summed E-state index contributed by atoms with van der Waals surface area (Å²) in [5.74, 6) is 1.62. The summed E-state index contributed by atoms with van der Waals surface area (Å²) in [7, 11) is 0. The first-order valence-corrected chi connectivity index (χ1v) is 8.28. The normalized spacial score (nSPS) is 12.5. The van der Waals surface area contributed by atoms with Crippen molar-refractivity contribution in [1.82, 2.24) is 9.97 Å². The van der Waals surface area contributed by atoms with Crippen LogP contribution in [0.25, 0.3) is 10.2 Å². The molecular weight excluding hydrogens is 294 g/mol. The molecule has 0 spiro atoms. The molecule has 0 aliphatic heterocycles. The van der Waals surface area contributed by atoms with Gasteiger partial charge in [0.05, 0.1) is 11.5 Å². The van der Waals surface area contributed by atoms with Gasteiger partial charge in [0.15, 0.2) is 0 Å². The second kappa shape index (κ2) is 6.42. The first-order valence-electron chi connectivity index (χ1n) is 7.40. The predicted octanol–water partition coefficient (Wildman–Crippen LogP) is 3.71. The molecule has 0 saturated heterocycles. The average molecular weight is 313 g/mol. The molecule has 3 aromatic rings. The van der Waals surface area contributed by atoms with Gasteiger partial charge in [-0.1, -0.05) is 36.8 Å². The van der Waals surface area contributed by atoms with E-state index in [2.05, 4.69) is 15.3 Å². The summed E-state index contributed by atoms with van der Waals surface area (Å²) in [6.07, 6.45) is 0.233. The first kappa shape index (κ1) is 14.9. The van der Waals surface area contributed by atoms with Gasteiger partial charge in [-0.3, -0.25) is 0 Å². The standard InChI is InChI=1S/C17H19N3OS/c1-3-15-19-16(13-7-8-22-17(13)20-15)18-10-14(21)12-6-4-5-11(2)9-12/h4-9,14,21H,3,10H2,1-2H3,(H,18,19,20). The van der Waals surface area contributed by atoms with Gasteiger partial charge in [0.25, 0.3) is 0 Å². The van der Waals surface area contributed by atoms with Crippen molar-refractivity contribution in [2.45, 2.75) is 26.4 Å². The van der Waals surface area contributed by atoms with Crippen molar-refractivity contribution < 1.29 is 5.11 Å². The highest BCUT2D eigenvalue weighted by Gasteiger charge is 2.11. The topological polar surface area (TPSA) is 58.0 Å². The highest BCUT2D eigenvalue weighted by molar-refractivity contribution is 7.16. The molecule has 114 valence electrons. The Morgan fingerprint density at radius 1 is 1.27 bits per heavy atom. The van der Waals surface area contributed by atoms with Gasteiger partial charge in [-0.15, -0.1) is 11.3 Å². The van der Waals surface area contributed by atoms with Crippen LogP contribution < -0.4 is 5.32 Å². The zero-order chi connectivity index (χ0) is 15.5. The Labute approximate surface area is 133 Å². The average Bonchev–Trinajstić information content (AvgIpc) is 3.00. The maximum absolute atomic E-state index is 10.4. The molecular formula is C17H19N3OS. The minimum atomic E-state index is -0.561. The summed E-state index contributed by atoms with van der Waals surface area (Å²) in [6.45, 7) is 4.49. The Hall–Kier alpha value is -1.98. The molecule has 22 heavy (non-hydrogen) atoms. The Morgan fingerprint density at radius 3 is 2.91 bits per heavy atom. The molecule has 3 rings (SSSR count). The van der Waals surface area contributed by atoms with Crippen molar-refractivity contribution in [3.63, 3.8) is 0 Å². The van der Waals surface area contributed by atoms with Gasteiger partial charge < -0.3 is 10.4 Å². The Kier molecular flexibility index (Phi) is 4.36. The van der Waals surface area contributed by atoms with Crippen LogP contribution in [0.1, 0.15) is 30.0 Å². The second-order valence-corrected chi connectivity index (χ2v) is 6.19. The minimum Gasteiger partial charge on any atom is -0.387 e. The number of aliphatic hydroxyl groups excluding tert-OH is 1. The van der Waals surface area contributed by atoms with Crippen molar-refractivity contribution >= 4 is 27.4 Å². The summed E-state index contributed by atoms with van der Waals surface area (Å²) in [5.41, 5.74) is 2.06. The number of benzene rings is 1. The smallest absolute Gasteiger partial charge is 0.138 e. The zero-order valence-corrected chi connectivity index (χ0v) is 13.5. The van der Waals surface area contributed by atoms with Crippen LogP contribution in [0.2, 0.25) is 0 Å². The number of aromatic nitrogens is 2. The molecule has 0 amide bonds. The number of fused-ring (bicyclic) bond motifs is 1. The van der Waals surface area contributed by atoms with E-state index in [1.807, 2.05) is 49.6 Å². The maximum Gasteiger partial charge on any atom is 0.138 e. The molecule has 1 aromatic carbocycles. The fraction of sp³-hybridized carbons (Fsp3) is 0.294. The number of nitrogens with zero attached hydrogens (tertiary/aromatic N) is 2. The Bertz CT molecular complexity index is 784. The van der Waals surface area contributed by atoms with E-state index in [0.29, 0.717) is 6.54 Å². The molecule has 0 bridgehead atoms. The van der Waals surface area contributed by atoms with Crippen molar-refractivity contribution in [3.05, 3.63) is 52.7 Å². The molecule has 0 aliphatic rings. The van der Waals surface area contributed by atoms with Crippen molar-refractivity contribution in [1.29, 1.82) is 0 Å². The van der Waals surface area contributed by atoms with E-state index in [1.165, 1.54) is 0 Å². The van der Waals surface area contributed by atoms with Gasteiger partial charge in [-0.25, -0.2) is 9.97 Å². The molecule has 5 heteroatoms. The fourth-order valence-corrected chi connectivity index (χ4v) is 3.16. The van der Waals surface area contributed by atoms with Crippen LogP contribution in [0.5, 0.6) is 0 Å². The zero-order valence-electron chi connectivity index (χ0n) is 12.7. The highest BCUT2D eigenvalue weighted by Crippen LogP contribution is 2.26. The van der Waals surface area contributed by atoms with Crippen LogP contribution in [0, 0.1) is 6.92 Å². The number of thiophene rings is 1. The van der Waals surface area contributed by atoms with Gasteiger partial charge in [0.1, 0.15) is 16.5 Å².